The Balaban J connectivity index is 1.92. The van der Waals surface area contributed by atoms with Crippen LogP contribution in [0.15, 0.2) is 22.9 Å². The van der Waals surface area contributed by atoms with Gasteiger partial charge in [0.25, 0.3) is 5.91 Å². The second kappa shape index (κ2) is 5.17. The summed E-state index contributed by atoms with van der Waals surface area (Å²) in [5, 5.41) is 3.02. The molecule has 0 radical (unpaired) electrons. The van der Waals surface area contributed by atoms with Crippen molar-refractivity contribution in [3.05, 3.63) is 28.5 Å². The number of amides is 1. The summed E-state index contributed by atoms with van der Waals surface area (Å²) in [4.78, 5) is 16.0. The maximum absolute atomic E-state index is 12.0. The van der Waals surface area contributed by atoms with Crippen LogP contribution >= 0.6 is 15.9 Å². The van der Waals surface area contributed by atoms with Gasteiger partial charge in [-0.1, -0.05) is 13.3 Å². The molecule has 0 spiro atoms. The predicted molar refractivity (Wildman–Crippen MR) is 70.8 cm³/mol. The quantitative estimate of drug-likeness (QED) is 0.848. The third-order valence-corrected chi connectivity index (χ3v) is 4.00. The van der Waals surface area contributed by atoms with Crippen LogP contribution in [0, 0.1) is 5.41 Å². The van der Waals surface area contributed by atoms with Gasteiger partial charge in [0, 0.05) is 12.7 Å². The third-order valence-electron chi connectivity index (χ3n) is 3.37. The van der Waals surface area contributed by atoms with Crippen molar-refractivity contribution < 1.29 is 4.79 Å². The van der Waals surface area contributed by atoms with E-state index >= 15 is 0 Å². The lowest BCUT2D eigenvalue weighted by Gasteiger charge is -2.15. The maximum atomic E-state index is 12.0. The Bertz CT molecular complexity index is 416. The summed E-state index contributed by atoms with van der Waals surface area (Å²) in [6.07, 6.45) is 6.55. The molecule has 1 aromatic heterocycles. The second-order valence-electron chi connectivity index (χ2n) is 4.77. The highest BCUT2D eigenvalue weighted by atomic mass is 79.9. The molecule has 0 saturated heterocycles. The summed E-state index contributed by atoms with van der Waals surface area (Å²) in [6, 6.07) is 3.56. The van der Waals surface area contributed by atoms with Gasteiger partial charge in [-0.3, -0.25) is 4.79 Å². The van der Waals surface area contributed by atoms with Crippen LogP contribution in [-0.4, -0.2) is 17.4 Å². The van der Waals surface area contributed by atoms with E-state index in [2.05, 4.69) is 33.2 Å². The molecule has 1 aromatic rings. The molecule has 0 unspecified atom stereocenters. The molecular formula is C13H17BrN2O. The van der Waals surface area contributed by atoms with Crippen LogP contribution in [0.5, 0.6) is 0 Å². The Labute approximate surface area is 110 Å². The molecular weight excluding hydrogens is 280 g/mol. The van der Waals surface area contributed by atoms with E-state index in [-0.39, 0.29) is 5.91 Å². The number of carbonyl (C=O) groups is 1. The molecule has 2 rings (SSSR count). The molecule has 1 heterocycles. The number of pyridine rings is 1. The van der Waals surface area contributed by atoms with Crippen LogP contribution in [0.25, 0.3) is 0 Å². The van der Waals surface area contributed by atoms with Crippen LogP contribution in [0.1, 0.15) is 43.0 Å². The maximum Gasteiger partial charge on any atom is 0.254 e. The highest BCUT2D eigenvalue weighted by Gasteiger charge is 2.41. The van der Waals surface area contributed by atoms with Gasteiger partial charge in [0.05, 0.1) is 5.56 Å². The first-order valence-corrected chi connectivity index (χ1v) is 6.85. The summed E-state index contributed by atoms with van der Waals surface area (Å²) in [5.41, 5.74) is 0.999. The fourth-order valence-corrected chi connectivity index (χ4v) is 2.57. The van der Waals surface area contributed by atoms with Crippen LogP contribution in [0.4, 0.5) is 0 Å². The van der Waals surface area contributed by atoms with E-state index in [0.29, 0.717) is 15.6 Å². The van der Waals surface area contributed by atoms with Gasteiger partial charge in [-0.2, -0.15) is 0 Å². The van der Waals surface area contributed by atoms with Crippen molar-refractivity contribution in [2.75, 3.05) is 6.54 Å². The van der Waals surface area contributed by atoms with Gasteiger partial charge >= 0.3 is 0 Å². The number of hydrogen-bond acceptors (Lipinski definition) is 2. The average Bonchev–Trinajstić information content (AvgIpc) is 3.08. The van der Waals surface area contributed by atoms with Gasteiger partial charge in [0.2, 0.25) is 0 Å². The Morgan fingerprint density at radius 2 is 2.35 bits per heavy atom. The van der Waals surface area contributed by atoms with E-state index in [1.54, 1.807) is 18.3 Å². The molecule has 0 bridgehead atoms. The fourth-order valence-electron chi connectivity index (χ4n) is 2.14. The van der Waals surface area contributed by atoms with Crippen molar-refractivity contribution in [1.82, 2.24) is 10.3 Å². The predicted octanol–water partition coefficient (Wildman–Crippen LogP) is 3.15. The molecule has 0 aliphatic heterocycles. The highest BCUT2D eigenvalue weighted by molar-refractivity contribution is 9.10. The van der Waals surface area contributed by atoms with Gasteiger partial charge in [-0.05, 0) is 52.7 Å². The topological polar surface area (TPSA) is 42.0 Å². The first kappa shape index (κ1) is 12.6. The largest absolute Gasteiger partial charge is 0.351 e. The lowest BCUT2D eigenvalue weighted by molar-refractivity contribution is 0.0942. The summed E-state index contributed by atoms with van der Waals surface area (Å²) in [6.45, 7) is 2.99. The van der Waals surface area contributed by atoms with Crippen molar-refractivity contribution in [3.63, 3.8) is 0 Å². The molecule has 0 atom stereocenters. The van der Waals surface area contributed by atoms with Crippen molar-refractivity contribution in [3.8, 4) is 0 Å². The monoisotopic (exact) mass is 296 g/mol. The van der Waals surface area contributed by atoms with Gasteiger partial charge in [0.15, 0.2) is 0 Å². The van der Waals surface area contributed by atoms with E-state index in [1.807, 2.05) is 0 Å². The molecule has 1 amide bonds. The summed E-state index contributed by atoms with van der Waals surface area (Å²) in [7, 11) is 0. The summed E-state index contributed by atoms with van der Waals surface area (Å²) >= 11 is 3.29. The smallest absolute Gasteiger partial charge is 0.254 e. The molecule has 92 valence electrons. The lowest BCUT2D eigenvalue weighted by Crippen LogP contribution is -2.30. The average molecular weight is 297 g/mol. The van der Waals surface area contributed by atoms with Gasteiger partial charge in [-0.25, -0.2) is 4.98 Å². The first-order chi connectivity index (χ1) is 8.17. The molecule has 1 aliphatic carbocycles. The molecule has 3 nitrogen and oxygen atoms in total. The van der Waals surface area contributed by atoms with Gasteiger partial charge in [0.1, 0.15) is 4.60 Å². The van der Waals surface area contributed by atoms with E-state index in [0.717, 1.165) is 6.54 Å². The van der Waals surface area contributed by atoms with Crippen LogP contribution < -0.4 is 5.32 Å². The zero-order valence-electron chi connectivity index (χ0n) is 10.0. The normalized spacial score (nSPS) is 16.6. The van der Waals surface area contributed by atoms with E-state index in [1.165, 1.54) is 25.7 Å². The van der Waals surface area contributed by atoms with Crippen LogP contribution in [-0.2, 0) is 0 Å². The number of nitrogens with one attached hydrogen (secondary N) is 1. The van der Waals surface area contributed by atoms with E-state index in [4.69, 9.17) is 0 Å². The minimum absolute atomic E-state index is 0.0349. The van der Waals surface area contributed by atoms with E-state index < -0.39 is 0 Å². The number of rotatable bonds is 5. The zero-order chi connectivity index (χ0) is 12.3. The van der Waals surface area contributed by atoms with Crippen LogP contribution in [0.3, 0.4) is 0 Å². The second-order valence-corrected chi connectivity index (χ2v) is 5.53. The Morgan fingerprint density at radius 1 is 1.59 bits per heavy atom. The third kappa shape index (κ3) is 3.06. The standard InChI is InChI=1S/C13H17BrN2O/c1-2-5-13(6-7-13)9-16-12(17)10-4-3-8-15-11(10)14/h3-4,8H,2,5-7,9H2,1H3,(H,16,17). The number of aromatic nitrogens is 1. The van der Waals surface area contributed by atoms with Crippen molar-refractivity contribution >= 4 is 21.8 Å². The highest BCUT2D eigenvalue weighted by Crippen LogP contribution is 2.48. The molecule has 17 heavy (non-hydrogen) atoms. The minimum atomic E-state index is -0.0349. The van der Waals surface area contributed by atoms with Crippen molar-refractivity contribution in [1.29, 1.82) is 0 Å². The number of halogens is 1. The lowest BCUT2D eigenvalue weighted by atomic mass is 10.0. The van der Waals surface area contributed by atoms with Gasteiger partial charge in [-0.15, -0.1) is 0 Å². The molecule has 1 fully saturated rings. The molecule has 4 heteroatoms. The minimum Gasteiger partial charge on any atom is -0.351 e. The summed E-state index contributed by atoms with van der Waals surface area (Å²) < 4.78 is 0.609. The Hall–Kier alpha value is -0.900. The SMILES string of the molecule is CCCC1(CNC(=O)c2cccnc2Br)CC1. The zero-order valence-corrected chi connectivity index (χ0v) is 11.6. The molecule has 0 aromatic carbocycles. The Morgan fingerprint density at radius 3 is 2.94 bits per heavy atom. The van der Waals surface area contributed by atoms with E-state index in [9.17, 15) is 4.79 Å². The van der Waals surface area contributed by atoms with Crippen molar-refractivity contribution in [2.45, 2.75) is 32.6 Å². The van der Waals surface area contributed by atoms with Crippen molar-refractivity contribution in [2.24, 2.45) is 5.41 Å². The van der Waals surface area contributed by atoms with Crippen LogP contribution in [0.2, 0.25) is 0 Å². The number of hydrogen-bond donors (Lipinski definition) is 1. The van der Waals surface area contributed by atoms with Gasteiger partial charge < -0.3 is 5.32 Å². The Kier molecular flexibility index (Phi) is 3.82. The fraction of sp³-hybridized carbons (Fsp3) is 0.538. The summed E-state index contributed by atoms with van der Waals surface area (Å²) in [5.74, 6) is -0.0349. The molecule has 1 N–H and O–H groups in total. The number of carbonyl (C=O) groups excluding carboxylic acids is 1. The molecule has 1 saturated carbocycles. The molecule has 1 aliphatic rings. The number of nitrogens with zero attached hydrogens (tertiary/aromatic N) is 1. The first-order valence-electron chi connectivity index (χ1n) is 6.06.